The molecule has 138 valence electrons. The van der Waals surface area contributed by atoms with Gasteiger partial charge in [-0.1, -0.05) is 26.0 Å². The lowest BCUT2D eigenvalue weighted by atomic mass is 9.74. The van der Waals surface area contributed by atoms with Crippen molar-refractivity contribution in [2.45, 2.75) is 91.9 Å². The normalized spacial score (nSPS) is 16.3. The molecule has 4 rings (SSSR count). The first-order valence-electron chi connectivity index (χ1n) is 10.9. The van der Waals surface area contributed by atoms with Gasteiger partial charge in [-0.05, 0) is 134 Å². The van der Waals surface area contributed by atoms with Gasteiger partial charge < -0.3 is 0 Å². The standard InChI is InChI=1S/C26H34/c1-5-21-17(3)15-19-11-7-9-13-23(19)25(21)26-22(6-2)18(4)16-20-12-8-10-14-24(20)26/h15-16H,5-14H2,1-4H3. The summed E-state index contributed by atoms with van der Waals surface area (Å²) in [7, 11) is 0. The summed E-state index contributed by atoms with van der Waals surface area (Å²) < 4.78 is 0. The Hall–Kier alpha value is -1.56. The third-order valence-electron chi connectivity index (χ3n) is 6.92. The molecule has 26 heavy (non-hydrogen) atoms. The lowest BCUT2D eigenvalue weighted by Gasteiger charge is -2.30. The molecule has 0 amide bonds. The van der Waals surface area contributed by atoms with Crippen molar-refractivity contribution < 1.29 is 0 Å². The summed E-state index contributed by atoms with van der Waals surface area (Å²) in [6.45, 7) is 9.42. The van der Waals surface area contributed by atoms with Crippen molar-refractivity contribution in [3.8, 4) is 11.1 Å². The van der Waals surface area contributed by atoms with Crippen LogP contribution in [0.1, 0.15) is 84.0 Å². The first-order chi connectivity index (χ1) is 12.7. The number of rotatable bonds is 3. The SMILES string of the molecule is CCc1c(C)cc2c(c1-c1c(CC)c(C)cc3c1CCCC3)CCCC2. The van der Waals surface area contributed by atoms with Crippen LogP contribution in [-0.2, 0) is 38.5 Å². The van der Waals surface area contributed by atoms with Crippen LogP contribution in [-0.4, -0.2) is 0 Å². The van der Waals surface area contributed by atoms with Crippen LogP contribution in [0.4, 0.5) is 0 Å². The summed E-state index contributed by atoms with van der Waals surface area (Å²) >= 11 is 0. The van der Waals surface area contributed by atoms with Crippen LogP contribution >= 0.6 is 0 Å². The van der Waals surface area contributed by atoms with Crippen LogP contribution < -0.4 is 0 Å². The molecule has 0 bridgehead atoms. The minimum atomic E-state index is 1.15. The van der Waals surface area contributed by atoms with E-state index in [0.29, 0.717) is 0 Å². The summed E-state index contributed by atoms with van der Waals surface area (Å²) in [4.78, 5) is 0. The zero-order valence-electron chi connectivity index (χ0n) is 17.2. The Bertz CT molecular complexity index is 767. The monoisotopic (exact) mass is 346 g/mol. The second-order valence-electron chi connectivity index (χ2n) is 8.49. The maximum Gasteiger partial charge on any atom is -0.0109 e. The second kappa shape index (κ2) is 7.22. The number of fused-ring (bicyclic) bond motifs is 2. The van der Waals surface area contributed by atoms with E-state index in [-0.39, 0.29) is 0 Å². The molecule has 0 nitrogen and oxygen atoms in total. The highest BCUT2D eigenvalue weighted by Gasteiger charge is 2.25. The van der Waals surface area contributed by atoms with E-state index in [0.717, 1.165) is 12.8 Å². The van der Waals surface area contributed by atoms with Crippen molar-refractivity contribution in [1.82, 2.24) is 0 Å². The third kappa shape index (κ3) is 2.82. The zero-order chi connectivity index (χ0) is 18.3. The quantitative estimate of drug-likeness (QED) is 0.570. The van der Waals surface area contributed by atoms with E-state index >= 15 is 0 Å². The van der Waals surface area contributed by atoms with Crippen molar-refractivity contribution in [2.75, 3.05) is 0 Å². The average molecular weight is 347 g/mol. The third-order valence-corrected chi connectivity index (χ3v) is 6.92. The minimum absolute atomic E-state index is 1.15. The molecule has 0 aliphatic heterocycles. The predicted molar refractivity (Wildman–Crippen MR) is 113 cm³/mol. The molecule has 0 radical (unpaired) electrons. The Labute approximate surface area is 160 Å². The Balaban J connectivity index is 2.10. The van der Waals surface area contributed by atoms with Gasteiger partial charge in [0.15, 0.2) is 0 Å². The molecule has 0 atom stereocenters. The van der Waals surface area contributed by atoms with Crippen LogP contribution in [0.3, 0.4) is 0 Å². The Kier molecular flexibility index (Phi) is 4.95. The van der Waals surface area contributed by atoms with Crippen molar-refractivity contribution in [2.24, 2.45) is 0 Å². The van der Waals surface area contributed by atoms with E-state index in [1.54, 1.807) is 44.5 Å². The van der Waals surface area contributed by atoms with Crippen molar-refractivity contribution >= 4 is 0 Å². The fourth-order valence-corrected chi connectivity index (χ4v) is 5.72. The molecule has 0 N–H and O–H groups in total. The Morgan fingerprint density at radius 1 is 0.615 bits per heavy atom. The first-order valence-corrected chi connectivity index (χ1v) is 10.9. The molecule has 2 aliphatic carbocycles. The van der Waals surface area contributed by atoms with Gasteiger partial charge in [0, 0.05) is 0 Å². The van der Waals surface area contributed by atoms with Gasteiger partial charge in [-0.3, -0.25) is 0 Å². The summed E-state index contributed by atoms with van der Waals surface area (Å²) in [5, 5.41) is 0. The number of benzene rings is 2. The van der Waals surface area contributed by atoms with Crippen LogP contribution in [0.5, 0.6) is 0 Å². The molecular formula is C26H34. The summed E-state index contributed by atoms with van der Waals surface area (Å²) in [6, 6.07) is 5.04. The van der Waals surface area contributed by atoms with E-state index in [2.05, 4.69) is 39.8 Å². The molecule has 2 aromatic carbocycles. The molecule has 0 saturated carbocycles. The first kappa shape index (κ1) is 17.8. The molecule has 2 aliphatic rings. The molecule has 2 aromatic rings. The van der Waals surface area contributed by atoms with Crippen LogP contribution in [0.25, 0.3) is 11.1 Å². The molecule has 0 unspecified atom stereocenters. The number of aryl methyl sites for hydroxylation is 4. The number of hydrogen-bond donors (Lipinski definition) is 0. The Morgan fingerprint density at radius 2 is 1.00 bits per heavy atom. The minimum Gasteiger partial charge on any atom is -0.0613 e. The van der Waals surface area contributed by atoms with Gasteiger partial charge in [0.1, 0.15) is 0 Å². The van der Waals surface area contributed by atoms with Gasteiger partial charge in [0.05, 0.1) is 0 Å². The van der Waals surface area contributed by atoms with Gasteiger partial charge >= 0.3 is 0 Å². The lowest BCUT2D eigenvalue weighted by Crippen LogP contribution is -2.14. The van der Waals surface area contributed by atoms with Gasteiger partial charge in [0.25, 0.3) is 0 Å². The lowest BCUT2D eigenvalue weighted by molar-refractivity contribution is 0.678. The number of hydrogen-bond acceptors (Lipinski definition) is 0. The molecule has 0 heterocycles. The Morgan fingerprint density at radius 3 is 1.38 bits per heavy atom. The topological polar surface area (TPSA) is 0 Å². The molecule has 0 fully saturated rings. The van der Waals surface area contributed by atoms with E-state index in [1.807, 2.05) is 0 Å². The molecule has 0 heteroatoms. The zero-order valence-corrected chi connectivity index (χ0v) is 17.2. The second-order valence-corrected chi connectivity index (χ2v) is 8.49. The van der Waals surface area contributed by atoms with Gasteiger partial charge in [0.2, 0.25) is 0 Å². The fourth-order valence-electron chi connectivity index (χ4n) is 5.72. The van der Waals surface area contributed by atoms with Gasteiger partial charge in [-0.2, -0.15) is 0 Å². The van der Waals surface area contributed by atoms with Crippen molar-refractivity contribution in [3.63, 3.8) is 0 Å². The van der Waals surface area contributed by atoms with Crippen LogP contribution in [0.2, 0.25) is 0 Å². The van der Waals surface area contributed by atoms with Crippen LogP contribution in [0, 0.1) is 13.8 Å². The van der Waals surface area contributed by atoms with E-state index in [4.69, 9.17) is 0 Å². The fraction of sp³-hybridized carbons (Fsp3) is 0.538. The van der Waals surface area contributed by atoms with Crippen molar-refractivity contribution in [1.29, 1.82) is 0 Å². The molecular weight excluding hydrogens is 312 g/mol. The van der Waals surface area contributed by atoms with Gasteiger partial charge in [-0.15, -0.1) is 0 Å². The molecule has 0 saturated heterocycles. The largest absolute Gasteiger partial charge is 0.0613 e. The van der Waals surface area contributed by atoms with Gasteiger partial charge in [-0.25, -0.2) is 0 Å². The smallest absolute Gasteiger partial charge is 0.0109 e. The average Bonchev–Trinajstić information content (AvgIpc) is 2.66. The highest BCUT2D eigenvalue weighted by Crippen LogP contribution is 2.43. The van der Waals surface area contributed by atoms with Crippen LogP contribution in [0.15, 0.2) is 12.1 Å². The summed E-state index contributed by atoms with van der Waals surface area (Å²) in [5.74, 6) is 0. The summed E-state index contributed by atoms with van der Waals surface area (Å²) in [5.41, 5.74) is 16.3. The maximum atomic E-state index is 2.52. The molecule has 0 aromatic heterocycles. The molecule has 0 spiro atoms. The summed E-state index contributed by atoms with van der Waals surface area (Å²) in [6.07, 6.45) is 12.9. The van der Waals surface area contributed by atoms with E-state index < -0.39 is 0 Å². The highest BCUT2D eigenvalue weighted by atomic mass is 14.3. The van der Waals surface area contributed by atoms with E-state index in [1.165, 1.54) is 62.5 Å². The van der Waals surface area contributed by atoms with Crippen molar-refractivity contribution in [3.05, 3.63) is 56.6 Å². The predicted octanol–water partition coefficient (Wildman–Crippen LogP) is 6.85. The maximum absolute atomic E-state index is 2.52. The highest BCUT2D eigenvalue weighted by molar-refractivity contribution is 5.81. The van der Waals surface area contributed by atoms with E-state index in [9.17, 15) is 0 Å².